The number of nitrogens with two attached hydrogens (primary N) is 1. The number of ether oxygens (including phenoxy) is 1. The van der Waals surface area contributed by atoms with Crippen molar-refractivity contribution in [3.63, 3.8) is 0 Å². The number of aromatic nitrogens is 1. The SMILES string of the molecule is CC(C)(N)COc1ccc2ncsc2c1. The van der Waals surface area contributed by atoms with E-state index in [1.165, 1.54) is 0 Å². The van der Waals surface area contributed by atoms with Gasteiger partial charge < -0.3 is 10.5 Å². The highest BCUT2D eigenvalue weighted by molar-refractivity contribution is 7.16. The van der Waals surface area contributed by atoms with E-state index in [0.717, 1.165) is 16.0 Å². The molecule has 2 aromatic rings. The van der Waals surface area contributed by atoms with Gasteiger partial charge in [-0.25, -0.2) is 4.98 Å². The summed E-state index contributed by atoms with van der Waals surface area (Å²) in [7, 11) is 0. The van der Waals surface area contributed by atoms with Crippen LogP contribution in [0.1, 0.15) is 13.8 Å². The van der Waals surface area contributed by atoms with Gasteiger partial charge >= 0.3 is 0 Å². The molecule has 0 aliphatic heterocycles. The molecule has 0 spiro atoms. The third-order valence-electron chi connectivity index (χ3n) is 1.91. The molecule has 4 heteroatoms. The van der Waals surface area contributed by atoms with E-state index in [4.69, 9.17) is 10.5 Å². The Morgan fingerprint density at radius 3 is 3.00 bits per heavy atom. The summed E-state index contributed by atoms with van der Waals surface area (Å²) < 4.78 is 6.74. The van der Waals surface area contributed by atoms with Crippen LogP contribution in [0.5, 0.6) is 5.75 Å². The Morgan fingerprint density at radius 1 is 1.47 bits per heavy atom. The maximum absolute atomic E-state index is 5.84. The van der Waals surface area contributed by atoms with E-state index in [9.17, 15) is 0 Å². The number of benzene rings is 1. The van der Waals surface area contributed by atoms with Gasteiger partial charge in [-0.05, 0) is 32.0 Å². The van der Waals surface area contributed by atoms with Crippen molar-refractivity contribution < 1.29 is 4.74 Å². The molecule has 0 amide bonds. The average Bonchev–Trinajstić information content (AvgIpc) is 2.60. The zero-order valence-corrected chi connectivity index (χ0v) is 9.67. The largest absolute Gasteiger partial charge is 0.492 e. The number of rotatable bonds is 3. The highest BCUT2D eigenvalue weighted by Crippen LogP contribution is 2.23. The molecule has 3 nitrogen and oxygen atoms in total. The van der Waals surface area contributed by atoms with Gasteiger partial charge in [-0.1, -0.05) is 0 Å². The second-order valence-electron chi connectivity index (χ2n) is 4.26. The molecule has 0 aliphatic carbocycles. The summed E-state index contributed by atoms with van der Waals surface area (Å²) in [6.07, 6.45) is 0. The van der Waals surface area contributed by atoms with Crippen LogP contribution < -0.4 is 10.5 Å². The van der Waals surface area contributed by atoms with Crippen molar-refractivity contribution in [1.82, 2.24) is 4.98 Å². The second-order valence-corrected chi connectivity index (χ2v) is 5.15. The van der Waals surface area contributed by atoms with Gasteiger partial charge in [0.25, 0.3) is 0 Å². The monoisotopic (exact) mass is 222 g/mol. The highest BCUT2D eigenvalue weighted by atomic mass is 32.1. The maximum atomic E-state index is 5.84. The first kappa shape index (κ1) is 10.4. The topological polar surface area (TPSA) is 48.1 Å². The van der Waals surface area contributed by atoms with E-state index < -0.39 is 0 Å². The Labute approximate surface area is 92.9 Å². The van der Waals surface area contributed by atoms with E-state index in [2.05, 4.69) is 4.98 Å². The van der Waals surface area contributed by atoms with Crippen LogP contribution in [-0.2, 0) is 0 Å². The minimum Gasteiger partial charge on any atom is -0.492 e. The molecule has 2 rings (SSSR count). The van der Waals surface area contributed by atoms with Gasteiger partial charge in [-0.3, -0.25) is 0 Å². The Morgan fingerprint density at radius 2 is 2.27 bits per heavy atom. The molecule has 15 heavy (non-hydrogen) atoms. The molecule has 2 N–H and O–H groups in total. The predicted octanol–water partition coefficient (Wildman–Crippen LogP) is 2.41. The van der Waals surface area contributed by atoms with Gasteiger partial charge in [0.05, 0.1) is 15.7 Å². The molecule has 0 atom stereocenters. The molecule has 1 heterocycles. The van der Waals surface area contributed by atoms with Crippen LogP contribution >= 0.6 is 11.3 Å². The number of nitrogens with zero attached hydrogens (tertiary/aromatic N) is 1. The van der Waals surface area contributed by atoms with E-state index in [1.54, 1.807) is 11.3 Å². The normalized spacial score (nSPS) is 11.9. The summed E-state index contributed by atoms with van der Waals surface area (Å²) in [4.78, 5) is 4.21. The number of hydrogen-bond donors (Lipinski definition) is 1. The lowest BCUT2D eigenvalue weighted by Gasteiger charge is -2.18. The minimum absolute atomic E-state index is 0.303. The summed E-state index contributed by atoms with van der Waals surface area (Å²) in [6, 6.07) is 5.89. The average molecular weight is 222 g/mol. The second kappa shape index (κ2) is 3.79. The zero-order chi connectivity index (χ0) is 10.9. The van der Waals surface area contributed by atoms with Crippen molar-refractivity contribution in [3.05, 3.63) is 23.7 Å². The van der Waals surface area contributed by atoms with E-state index in [-0.39, 0.29) is 5.54 Å². The molecule has 1 aromatic carbocycles. The standard InChI is InChI=1S/C11H14N2OS/c1-11(2,12)6-14-8-3-4-9-10(5-8)15-7-13-9/h3-5,7H,6,12H2,1-2H3. The zero-order valence-electron chi connectivity index (χ0n) is 8.86. The fraction of sp³-hybridized carbons (Fsp3) is 0.364. The Hall–Kier alpha value is -1.13. The molecule has 0 saturated heterocycles. The van der Waals surface area contributed by atoms with Gasteiger partial charge in [-0.15, -0.1) is 11.3 Å². The van der Waals surface area contributed by atoms with Crippen LogP contribution in [0.4, 0.5) is 0 Å². The van der Waals surface area contributed by atoms with Crippen molar-refractivity contribution in [2.24, 2.45) is 5.73 Å². The van der Waals surface area contributed by atoms with Crippen LogP contribution in [0.3, 0.4) is 0 Å². The summed E-state index contributed by atoms with van der Waals surface area (Å²) in [5.74, 6) is 0.852. The van der Waals surface area contributed by atoms with E-state index >= 15 is 0 Å². The molecule has 0 bridgehead atoms. The molecule has 1 aromatic heterocycles. The van der Waals surface area contributed by atoms with Crippen LogP contribution in [0.25, 0.3) is 10.2 Å². The lowest BCUT2D eigenvalue weighted by molar-refractivity contribution is 0.243. The Kier molecular flexibility index (Phi) is 2.63. The van der Waals surface area contributed by atoms with Crippen LogP contribution in [0.15, 0.2) is 23.7 Å². The van der Waals surface area contributed by atoms with Gasteiger partial charge in [0.2, 0.25) is 0 Å². The van der Waals surface area contributed by atoms with E-state index in [0.29, 0.717) is 6.61 Å². The van der Waals surface area contributed by atoms with Crippen LogP contribution in [-0.4, -0.2) is 17.1 Å². The Balaban J connectivity index is 2.15. The van der Waals surface area contributed by atoms with Crippen LogP contribution in [0, 0.1) is 0 Å². The molecule has 0 aliphatic rings. The Bertz CT molecular complexity index is 459. The maximum Gasteiger partial charge on any atom is 0.120 e. The third-order valence-corrected chi connectivity index (χ3v) is 2.71. The molecule has 0 radical (unpaired) electrons. The lowest BCUT2D eigenvalue weighted by atomic mass is 10.1. The van der Waals surface area contributed by atoms with Crippen molar-refractivity contribution >= 4 is 21.6 Å². The molecule has 0 fully saturated rings. The summed E-state index contributed by atoms with van der Waals surface area (Å²) in [6.45, 7) is 4.40. The summed E-state index contributed by atoms with van der Waals surface area (Å²) in [5.41, 5.74) is 8.39. The van der Waals surface area contributed by atoms with Gasteiger partial charge in [0.15, 0.2) is 0 Å². The third kappa shape index (κ3) is 2.67. The quantitative estimate of drug-likeness (QED) is 0.867. The first-order chi connectivity index (χ1) is 7.04. The fourth-order valence-electron chi connectivity index (χ4n) is 1.19. The number of fused-ring (bicyclic) bond motifs is 1. The van der Waals surface area contributed by atoms with Gasteiger partial charge in [0, 0.05) is 5.54 Å². The van der Waals surface area contributed by atoms with Crippen LogP contribution in [0.2, 0.25) is 0 Å². The lowest BCUT2D eigenvalue weighted by Crippen LogP contribution is -2.38. The van der Waals surface area contributed by atoms with Crippen molar-refractivity contribution in [2.75, 3.05) is 6.61 Å². The van der Waals surface area contributed by atoms with Crippen molar-refractivity contribution in [2.45, 2.75) is 19.4 Å². The van der Waals surface area contributed by atoms with E-state index in [1.807, 2.05) is 37.6 Å². The molecule has 80 valence electrons. The van der Waals surface area contributed by atoms with Gasteiger partial charge in [-0.2, -0.15) is 0 Å². The molecule has 0 saturated carbocycles. The first-order valence-corrected chi connectivity index (χ1v) is 5.67. The minimum atomic E-state index is -0.303. The number of hydrogen-bond acceptors (Lipinski definition) is 4. The molecular weight excluding hydrogens is 208 g/mol. The predicted molar refractivity (Wildman–Crippen MR) is 63.4 cm³/mol. The number of thiazole rings is 1. The van der Waals surface area contributed by atoms with Crippen molar-refractivity contribution in [1.29, 1.82) is 0 Å². The fourth-order valence-corrected chi connectivity index (χ4v) is 1.90. The summed E-state index contributed by atoms with van der Waals surface area (Å²) in [5, 5.41) is 0. The van der Waals surface area contributed by atoms with Gasteiger partial charge in [0.1, 0.15) is 12.4 Å². The smallest absolute Gasteiger partial charge is 0.120 e. The highest BCUT2D eigenvalue weighted by Gasteiger charge is 2.11. The van der Waals surface area contributed by atoms with Crippen molar-refractivity contribution in [3.8, 4) is 5.75 Å². The molecular formula is C11H14N2OS. The summed E-state index contributed by atoms with van der Waals surface area (Å²) >= 11 is 1.61. The molecule has 0 unspecified atom stereocenters. The first-order valence-electron chi connectivity index (χ1n) is 4.79.